The highest BCUT2D eigenvalue weighted by atomic mass is 16.5. The summed E-state index contributed by atoms with van der Waals surface area (Å²) in [5.74, 6) is -1.62. The third-order valence-corrected chi connectivity index (χ3v) is 6.04. The molecule has 6 nitrogen and oxygen atoms in total. The molecule has 5 aromatic rings. The monoisotopic (exact) mass is 463 g/mol. The summed E-state index contributed by atoms with van der Waals surface area (Å²) in [4.78, 5) is 39.9. The van der Waals surface area contributed by atoms with Crippen LogP contribution in [0, 0.1) is 0 Å². The number of rotatable bonds is 4. The van der Waals surface area contributed by atoms with Gasteiger partial charge in [-0.2, -0.15) is 0 Å². The van der Waals surface area contributed by atoms with E-state index in [1.807, 2.05) is 60.7 Å². The average Bonchev–Trinajstić information content (AvgIpc) is 3.25. The molecule has 0 unspecified atom stereocenters. The normalized spacial score (nSPS) is 10.9. The zero-order valence-electron chi connectivity index (χ0n) is 19.1. The van der Waals surface area contributed by atoms with Crippen LogP contribution in [0.25, 0.3) is 32.9 Å². The third kappa shape index (κ3) is 3.56. The zero-order chi connectivity index (χ0) is 24.5. The molecule has 0 bridgehead atoms. The van der Waals surface area contributed by atoms with E-state index in [2.05, 4.69) is 0 Å². The van der Waals surface area contributed by atoms with E-state index >= 15 is 0 Å². The maximum Gasteiger partial charge on any atom is 0.339 e. The fraction of sp³-hybridized carbons (Fsp3) is 0.0690. The van der Waals surface area contributed by atoms with Gasteiger partial charge in [0, 0.05) is 21.9 Å². The molecule has 6 heteroatoms. The molecule has 0 aliphatic rings. The SMILES string of the molecule is COC(=O)c1cc2c3ccccc3n(C(=O)c3ccccc3)c2c(-c2ccccc2)c1C(=O)OC. The second-order valence-electron chi connectivity index (χ2n) is 7.94. The molecule has 0 fully saturated rings. The minimum atomic E-state index is -0.699. The average molecular weight is 463 g/mol. The van der Waals surface area contributed by atoms with Crippen LogP contribution in [0.2, 0.25) is 0 Å². The van der Waals surface area contributed by atoms with Gasteiger partial charge in [-0.3, -0.25) is 9.36 Å². The summed E-state index contributed by atoms with van der Waals surface area (Å²) in [7, 11) is 2.52. The zero-order valence-corrected chi connectivity index (χ0v) is 19.1. The molecule has 0 atom stereocenters. The fourth-order valence-corrected chi connectivity index (χ4v) is 4.52. The molecule has 172 valence electrons. The predicted molar refractivity (Wildman–Crippen MR) is 134 cm³/mol. The second kappa shape index (κ2) is 8.91. The molecule has 0 saturated heterocycles. The lowest BCUT2D eigenvalue weighted by Gasteiger charge is -2.16. The van der Waals surface area contributed by atoms with Gasteiger partial charge >= 0.3 is 11.9 Å². The summed E-state index contributed by atoms with van der Waals surface area (Å²) in [6.07, 6.45) is 0. The van der Waals surface area contributed by atoms with Gasteiger partial charge in [0.15, 0.2) is 0 Å². The summed E-state index contributed by atoms with van der Waals surface area (Å²) in [5, 5.41) is 1.42. The first-order valence-corrected chi connectivity index (χ1v) is 11.0. The Hall–Kier alpha value is -4.71. The van der Waals surface area contributed by atoms with Crippen molar-refractivity contribution in [2.75, 3.05) is 14.2 Å². The van der Waals surface area contributed by atoms with Crippen LogP contribution in [-0.4, -0.2) is 36.6 Å². The number of benzene rings is 4. The van der Waals surface area contributed by atoms with Crippen LogP contribution in [-0.2, 0) is 9.47 Å². The number of methoxy groups -OCH3 is 2. The first-order chi connectivity index (χ1) is 17.1. The number of para-hydroxylation sites is 1. The highest BCUT2D eigenvalue weighted by Crippen LogP contribution is 2.41. The summed E-state index contributed by atoms with van der Waals surface area (Å²) >= 11 is 0. The highest BCUT2D eigenvalue weighted by Gasteiger charge is 2.30. The molecule has 0 amide bonds. The molecule has 0 N–H and O–H groups in total. The van der Waals surface area contributed by atoms with Crippen molar-refractivity contribution in [3.63, 3.8) is 0 Å². The fourth-order valence-electron chi connectivity index (χ4n) is 4.52. The molecule has 0 aliphatic heterocycles. The molecular weight excluding hydrogens is 442 g/mol. The van der Waals surface area contributed by atoms with Gasteiger partial charge in [0.1, 0.15) is 0 Å². The summed E-state index contributed by atoms with van der Waals surface area (Å²) in [6, 6.07) is 27.2. The molecule has 0 spiro atoms. The van der Waals surface area contributed by atoms with Crippen molar-refractivity contribution in [3.05, 3.63) is 108 Å². The minimum Gasteiger partial charge on any atom is -0.465 e. The molecule has 0 radical (unpaired) electrons. The van der Waals surface area contributed by atoms with Crippen LogP contribution in [0.1, 0.15) is 31.1 Å². The van der Waals surface area contributed by atoms with E-state index in [0.717, 1.165) is 5.39 Å². The van der Waals surface area contributed by atoms with Crippen molar-refractivity contribution in [2.45, 2.75) is 0 Å². The number of hydrogen-bond donors (Lipinski definition) is 0. The maximum atomic E-state index is 13.9. The molecule has 5 rings (SSSR count). The van der Waals surface area contributed by atoms with Crippen LogP contribution in [0.15, 0.2) is 91.0 Å². The molecule has 35 heavy (non-hydrogen) atoms. The number of fused-ring (bicyclic) bond motifs is 3. The van der Waals surface area contributed by atoms with E-state index in [-0.39, 0.29) is 17.0 Å². The number of ether oxygens (including phenoxy) is 2. The number of aromatic nitrogens is 1. The Morgan fingerprint density at radius 2 is 1.29 bits per heavy atom. The summed E-state index contributed by atoms with van der Waals surface area (Å²) in [6.45, 7) is 0. The van der Waals surface area contributed by atoms with Gasteiger partial charge < -0.3 is 9.47 Å². The minimum absolute atomic E-state index is 0.0444. The van der Waals surface area contributed by atoms with Gasteiger partial charge in [-0.25, -0.2) is 9.59 Å². The van der Waals surface area contributed by atoms with E-state index in [1.165, 1.54) is 14.2 Å². The Balaban J connectivity index is 2.04. The topological polar surface area (TPSA) is 74.6 Å². The Bertz CT molecular complexity index is 1600. The van der Waals surface area contributed by atoms with E-state index in [9.17, 15) is 14.4 Å². The number of carbonyl (C=O) groups excluding carboxylic acids is 3. The lowest BCUT2D eigenvalue weighted by molar-refractivity contribution is 0.0556. The van der Waals surface area contributed by atoms with Gasteiger partial charge in [0.25, 0.3) is 5.91 Å². The maximum absolute atomic E-state index is 13.9. The molecule has 4 aromatic carbocycles. The van der Waals surface area contributed by atoms with Crippen LogP contribution in [0.5, 0.6) is 0 Å². The van der Waals surface area contributed by atoms with Crippen molar-refractivity contribution >= 4 is 39.7 Å². The first-order valence-electron chi connectivity index (χ1n) is 11.0. The third-order valence-electron chi connectivity index (χ3n) is 6.04. The molecule has 0 saturated carbocycles. The van der Waals surface area contributed by atoms with E-state index in [1.54, 1.807) is 34.9 Å². The van der Waals surface area contributed by atoms with E-state index in [0.29, 0.717) is 33.1 Å². The van der Waals surface area contributed by atoms with Crippen LogP contribution in [0.3, 0.4) is 0 Å². The second-order valence-corrected chi connectivity index (χ2v) is 7.94. The smallest absolute Gasteiger partial charge is 0.339 e. The first kappa shape index (κ1) is 22.1. The van der Waals surface area contributed by atoms with Crippen LogP contribution < -0.4 is 0 Å². The van der Waals surface area contributed by atoms with Crippen molar-refractivity contribution in [3.8, 4) is 11.1 Å². The highest BCUT2D eigenvalue weighted by molar-refractivity contribution is 6.24. The van der Waals surface area contributed by atoms with Crippen LogP contribution in [0.4, 0.5) is 0 Å². The standard InChI is InChI=1S/C29H21NO5/c1-34-28(32)22-17-21-20-15-9-10-16-23(20)30(27(31)19-13-7-4-8-14-19)26(21)24(25(22)29(33)35-2)18-11-5-3-6-12-18/h3-17H,1-2H3. The number of nitrogens with zero attached hydrogens (tertiary/aromatic N) is 1. The quantitative estimate of drug-likeness (QED) is 0.319. The lowest BCUT2D eigenvalue weighted by Crippen LogP contribution is -2.16. The lowest BCUT2D eigenvalue weighted by atomic mass is 9.92. The molecule has 1 aromatic heterocycles. The summed E-state index contributed by atoms with van der Waals surface area (Å²) in [5.41, 5.74) is 2.87. The predicted octanol–water partition coefficient (Wildman–Crippen LogP) is 5.72. The van der Waals surface area contributed by atoms with Gasteiger partial charge in [0.05, 0.1) is 36.4 Å². The number of esters is 2. The Morgan fingerprint density at radius 3 is 1.94 bits per heavy atom. The molecule has 1 heterocycles. The van der Waals surface area contributed by atoms with Gasteiger partial charge in [-0.05, 0) is 29.8 Å². The van der Waals surface area contributed by atoms with Gasteiger partial charge in [-0.1, -0.05) is 66.7 Å². The van der Waals surface area contributed by atoms with Crippen molar-refractivity contribution in [2.24, 2.45) is 0 Å². The Labute approximate surface area is 201 Å². The molecular formula is C29H21NO5. The van der Waals surface area contributed by atoms with E-state index in [4.69, 9.17) is 9.47 Å². The van der Waals surface area contributed by atoms with Crippen molar-refractivity contribution in [1.82, 2.24) is 4.57 Å². The molecule has 0 aliphatic carbocycles. The summed E-state index contributed by atoms with van der Waals surface area (Å²) < 4.78 is 11.7. The Kier molecular flexibility index (Phi) is 5.63. The largest absolute Gasteiger partial charge is 0.465 e. The van der Waals surface area contributed by atoms with Gasteiger partial charge in [0.2, 0.25) is 0 Å². The van der Waals surface area contributed by atoms with Crippen LogP contribution >= 0.6 is 0 Å². The van der Waals surface area contributed by atoms with Gasteiger partial charge in [-0.15, -0.1) is 0 Å². The Morgan fingerprint density at radius 1 is 0.686 bits per heavy atom. The van der Waals surface area contributed by atoms with Crippen molar-refractivity contribution in [1.29, 1.82) is 0 Å². The number of carbonyl (C=O) groups is 3. The van der Waals surface area contributed by atoms with E-state index < -0.39 is 11.9 Å². The number of hydrogen-bond acceptors (Lipinski definition) is 5. The van der Waals surface area contributed by atoms with Crippen molar-refractivity contribution < 1.29 is 23.9 Å².